The zero-order valence-electron chi connectivity index (χ0n) is 17.0. The van der Waals surface area contributed by atoms with E-state index in [0.717, 1.165) is 22.0 Å². The third-order valence-electron chi connectivity index (χ3n) is 4.65. The van der Waals surface area contributed by atoms with Crippen molar-refractivity contribution in [2.45, 2.75) is 24.8 Å². The molecule has 2 aromatic heterocycles. The fourth-order valence-corrected chi connectivity index (χ4v) is 3.90. The largest absolute Gasteiger partial charge is 0.539 e. The molecule has 0 saturated carbocycles. The van der Waals surface area contributed by atoms with Crippen molar-refractivity contribution in [1.29, 1.82) is 10.5 Å². The van der Waals surface area contributed by atoms with E-state index in [4.69, 9.17) is 5.73 Å². The van der Waals surface area contributed by atoms with Gasteiger partial charge in [-0.2, -0.15) is 10.5 Å². The topological polar surface area (TPSA) is 157 Å². The molecule has 0 saturated heterocycles. The Balaban J connectivity index is 2.04. The van der Waals surface area contributed by atoms with Gasteiger partial charge in [0.05, 0.1) is 16.6 Å². The van der Waals surface area contributed by atoms with Crippen LogP contribution in [0.4, 0.5) is 5.82 Å². The SMILES string of the molecule is CC(C)c1ccc(-c2c(C#N)c(N)nc(SCC(=O)c3c([O-])on[n+]3C)c2C#N)cc1. The minimum atomic E-state index is -0.841. The van der Waals surface area contributed by atoms with Crippen LogP contribution in [0.15, 0.2) is 33.8 Å². The van der Waals surface area contributed by atoms with Crippen LogP contribution in [-0.2, 0) is 7.05 Å². The van der Waals surface area contributed by atoms with Crippen LogP contribution in [0.1, 0.15) is 46.9 Å². The smallest absolute Gasteiger partial charge is 0.300 e. The van der Waals surface area contributed by atoms with E-state index in [-0.39, 0.29) is 33.4 Å². The fourth-order valence-electron chi connectivity index (χ4n) is 3.04. The van der Waals surface area contributed by atoms with Crippen molar-refractivity contribution in [3.05, 3.63) is 46.6 Å². The average molecular weight is 434 g/mol. The summed E-state index contributed by atoms with van der Waals surface area (Å²) in [5, 5.41) is 34.7. The lowest BCUT2D eigenvalue weighted by Crippen LogP contribution is -2.37. The lowest BCUT2D eigenvalue weighted by Gasteiger charge is -2.13. The van der Waals surface area contributed by atoms with Gasteiger partial charge in [0.1, 0.15) is 28.5 Å². The van der Waals surface area contributed by atoms with E-state index < -0.39 is 11.7 Å². The second-order valence-corrected chi connectivity index (χ2v) is 7.94. The molecule has 10 heteroatoms. The highest BCUT2D eigenvalue weighted by atomic mass is 32.2. The van der Waals surface area contributed by atoms with Crippen molar-refractivity contribution in [2.24, 2.45) is 7.05 Å². The number of benzene rings is 1. The van der Waals surface area contributed by atoms with Gasteiger partial charge in [0.2, 0.25) is 5.78 Å². The van der Waals surface area contributed by atoms with Crippen LogP contribution in [0.3, 0.4) is 0 Å². The number of nitrogen functional groups attached to an aromatic ring is 1. The van der Waals surface area contributed by atoms with Gasteiger partial charge in [-0.25, -0.2) is 4.98 Å². The number of hydrogen-bond donors (Lipinski definition) is 1. The van der Waals surface area contributed by atoms with Crippen molar-refractivity contribution < 1.29 is 19.1 Å². The molecular formula is C21H18N6O3S. The van der Waals surface area contributed by atoms with Crippen LogP contribution < -0.4 is 15.5 Å². The number of pyridine rings is 1. The number of ketones is 1. The summed E-state index contributed by atoms with van der Waals surface area (Å²) in [6.45, 7) is 4.13. The Labute approximate surface area is 182 Å². The van der Waals surface area contributed by atoms with Crippen molar-refractivity contribution in [3.8, 4) is 29.2 Å². The lowest BCUT2D eigenvalue weighted by atomic mass is 9.94. The van der Waals surface area contributed by atoms with E-state index in [1.165, 1.54) is 7.05 Å². The highest BCUT2D eigenvalue weighted by molar-refractivity contribution is 8.00. The first-order valence-electron chi connectivity index (χ1n) is 9.21. The van der Waals surface area contributed by atoms with Gasteiger partial charge in [-0.1, -0.05) is 54.6 Å². The Kier molecular flexibility index (Phi) is 6.23. The predicted octanol–water partition coefficient (Wildman–Crippen LogP) is 2.06. The van der Waals surface area contributed by atoms with Crippen LogP contribution in [0.2, 0.25) is 0 Å². The molecule has 0 unspecified atom stereocenters. The highest BCUT2D eigenvalue weighted by Gasteiger charge is 2.25. The Bertz CT molecular complexity index is 1220. The number of nitrogens with two attached hydrogens (primary N) is 1. The van der Waals surface area contributed by atoms with Crippen LogP contribution >= 0.6 is 11.8 Å². The number of thioether (sulfide) groups is 1. The summed E-state index contributed by atoms with van der Waals surface area (Å²) in [7, 11) is 1.42. The molecule has 9 nitrogen and oxygen atoms in total. The molecule has 31 heavy (non-hydrogen) atoms. The molecule has 0 aliphatic rings. The summed E-state index contributed by atoms with van der Waals surface area (Å²) < 4.78 is 5.52. The first kappa shape index (κ1) is 21.8. The zero-order valence-corrected chi connectivity index (χ0v) is 17.9. The lowest BCUT2D eigenvalue weighted by molar-refractivity contribution is -0.741. The second-order valence-electron chi connectivity index (χ2n) is 6.97. The van der Waals surface area contributed by atoms with Gasteiger partial charge in [-0.05, 0) is 17.0 Å². The van der Waals surface area contributed by atoms with E-state index in [0.29, 0.717) is 17.0 Å². The molecule has 0 bridgehead atoms. The normalized spacial score (nSPS) is 10.6. The van der Waals surface area contributed by atoms with E-state index in [1.54, 1.807) is 0 Å². The van der Waals surface area contributed by atoms with Crippen molar-refractivity contribution in [2.75, 3.05) is 11.5 Å². The zero-order chi connectivity index (χ0) is 22.7. The predicted molar refractivity (Wildman–Crippen MR) is 110 cm³/mol. The molecule has 0 radical (unpaired) electrons. The number of nitriles is 2. The number of carbonyl (C=O) groups is 1. The quantitative estimate of drug-likeness (QED) is 0.348. The molecule has 0 aliphatic carbocycles. The fraction of sp³-hybridized carbons (Fsp3) is 0.238. The van der Waals surface area contributed by atoms with E-state index >= 15 is 0 Å². The molecule has 2 heterocycles. The molecule has 0 fully saturated rings. The average Bonchev–Trinajstić information content (AvgIpc) is 3.09. The Morgan fingerprint density at radius 2 is 1.90 bits per heavy atom. The maximum absolute atomic E-state index is 12.4. The number of anilines is 1. The summed E-state index contributed by atoms with van der Waals surface area (Å²) in [5.41, 5.74) is 8.14. The summed E-state index contributed by atoms with van der Waals surface area (Å²) in [6, 6.07) is 11.6. The maximum atomic E-state index is 12.4. The number of carbonyl (C=O) groups excluding carboxylic acids is 1. The van der Waals surface area contributed by atoms with Crippen molar-refractivity contribution in [1.82, 2.24) is 10.3 Å². The van der Waals surface area contributed by atoms with Gasteiger partial charge in [0.25, 0.3) is 5.69 Å². The van der Waals surface area contributed by atoms with Crippen LogP contribution in [0, 0.1) is 22.7 Å². The molecule has 156 valence electrons. The molecule has 2 N–H and O–H groups in total. The molecular weight excluding hydrogens is 416 g/mol. The Morgan fingerprint density at radius 1 is 1.26 bits per heavy atom. The van der Waals surface area contributed by atoms with E-state index in [2.05, 4.69) is 34.7 Å². The number of aryl methyl sites for hydroxylation is 1. The molecule has 3 rings (SSSR count). The van der Waals surface area contributed by atoms with Gasteiger partial charge in [-0.15, -0.1) is 0 Å². The molecule has 3 aromatic rings. The van der Waals surface area contributed by atoms with Gasteiger partial charge in [0.15, 0.2) is 13.0 Å². The molecule has 0 spiro atoms. The monoisotopic (exact) mass is 434 g/mol. The van der Waals surface area contributed by atoms with Gasteiger partial charge in [0, 0.05) is 5.56 Å². The van der Waals surface area contributed by atoms with Crippen LogP contribution in [-0.4, -0.2) is 21.8 Å². The maximum Gasteiger partial charge on any atom is 0.300 e. The van der Waals surface area contributed by atoms with Gasteiger partial charge >= 0.3 is 0 Å². The highest BCUT2D eigenvalue weighted by Crippen LogP contribution is 2.36. The number of rotatable bonds is 6. The first-order chi connectivity index (χ1) is 14.8. The summed E-state index contributed by atoms with van der Waals surface area (Å²) in [5.74, 6) is -1.28. The number of Topliss-reactive ketones (excluding diaryl/α,β-unsaturated/α-hetero) is 1. The summed E-state index contributed by atoms with van der Waals surface area (Å²) >= 11 is 0.951. The minimum Gasteiger partial charge on any atom is -0.539 e. The Morgan fingerprint density at radius 3 is 2.42 bits per heavy atom. The van der Waals surface area contributed by atoms with Crippen LogP contribution in [0.5, 0.6) is 5.95 Å². The van der Waals surface area contributed by atoms with E-state index in [1.807, 2.05) is 30.3 Å². The summed E-state index contributed by atoms with van der Waals surface area (Å²) in [6.07, 6.45) is 0. The molecule has 0 amide bonds. The molecule has 0 atom stereocenters. The van der Waals surface area contributed by atoms with Crippen LogP contribution in [0.25, 0.3) is 11.1 Å². The van der Waals surface area contributed by atoms with Crippen molar-refractivity contribution >= 4 is 23.4 Å². The molecule has 0 aliphatic heterocycles. The van der Waals surface area contributed by atoms with Crippen molar-refractivity contribution in [3.63, 3.8) is 0 Å². The number of nitrogens with zero attached hydrogens (tertiary/aromatic N) is 5. The standard InChI is InChI=1S/C21H18N6O3S/c1-11(2)12-4-6-13(7-5-12)17-14(8-22)19(24)25-20(15(17)9-23)31-10-16(28)18-21(29)30-26-27(18)3/h4-7,11H,10H2,1-3H3,(H2-,24,25,26,28,29). The van der Waals surface area contributed by atoms with E-state index in [9.17, 15) is 20.4 Å². The summed E-state index contributed by atoms with van der Waals surface area (Å²) in [4.78, 5) is 16.6. The van der Waals surface area contributed by atoms with Gasteiger partial charge in [-0.3, -0.25) is 4.79 Å². The number of hydrogen-bond acceptors (Lipinski definition) is 9. The minimum absolute atomic E-state index is 0.0422. The second kappa shape index (κ2) is 8.86. The Hall–Kier alpha value is -3.89. The number of aromatic nitrogens is 3. The molecule has 1 aromatic carbocycles. The van der Waals surface area contributed by atoms with Gasteiger partial charge < -0.3 is 15.4 Å². The third kappa shape index (κ3) is 4.20. The third-order valence-corrected chi connectivity index (χ3v) is 5.62. The first-order valence-corrected chi connectivity index (χ1v) is 10.2.